The number of fused-ring (bicyclic) bond motifs is 2. The van der Waals surface area contributed by atoms with Crippen LogP contribution >= 0.6 is 0 Å². The lowest BCUT2D eigenvalue weighted by molar-refractivity contribution is -0.123. The van der Waals surface area contributed by atoms with Gasteiger partial charge in [-0.1, -0.05) is 13.3 Å². The lowest BCUT2D eigenvalue weighted by atomic mass is 9.89. The predicted molar refractivity (Wildman–Crippen MR) is 92.2 cm³/mol. The molecule has 0 aromatic heterocycles. The standard InChI is InChI=1S/C17H28O4S2/c1-2-17(23(19,20)21)22(11-14-5-3-4-6-15(14)18)16-10-12-7-8-13(16)9-12/h12-14,16-17H,2-11H2,1H3. The lowest BCUT2D eigenvalue weighted by Crippen LogP contribution is -2.44. The topological polar surface area (TPSA) is 74.3 Å². The zero-order valence-electron chi connectivity index (χ0n) is 13.9. The third-order valence-electron chi connectivity index (χ3n) is 6.13. The van der Waals surface area contributed by atoms with Crippen LogP contribution in [0.5, 0.6) is 0 Å². The van der Waals surface area contributed by atoms with Crippen LogP contribution in [0.15, 0.2) is 0 Å². The van der Waals surface area contributed by atoms with E-state index in [1.165, 1.54) is 19.3 Å². The third-order valence-corrected chi connectivity index (χ3v) is 11.7. The van der Waals surface area contributed by atoms with E-state index in [2.05, 4.69) is 0 Å². The third kappa shape index (κ3) is 3.79. The van der Waals surface area contributed by atoms with Crippen LogP contribution < -0.4 is 0 Å². The van der Waals surface area contributed by atoms with E-state index >= 15 is 0 Å². The molecule has 3 rings (SSSR count). The average molecular weight is 361 g/mol. The summed E-state index contributed by atoms with van der Waals surface area (Å²) in [6.07, 6.45) is 8.69. The molecule has 3 fully saturated rings. The Morgan fingerprint density at radius 1 is 1.22 bits per heavy atom. The van der Waals surface area contributed by atoms with Crippen LogP contribution in [0, 0.1) is 17.8 Å². The molecule has 2 bridgehead atoms. The molecule has 3 aliphatic carbocycles. The number of ketones is 1. The predicted octanol–water partition coefficient (Wildman–Crippen LogP) is 2.83. The summed E-state index contributed by atoms with van der Waals surface area (Å²) in [6, 6.07) is 0. The Hall–Kier alpha value is -0.0700. The van der Waals surface area contributed by atoms with E-state index in [0.717, 1.165) is 31.6 Å². The molecule has 6 heteroatoms. The summed E-state index contributed by atoms with van der Waals surface area (Å²) >= 11 is 0. The normalized spacial score (nSPS) is 37.0. The number of hydrogen-bond acceptors (Lipinski definition) is 4. The van der Waals surface area contributed by atoms with Gasteiger partial charge >= 0.3 is 0 Å². The summed E-state index contributed by atoms with van der Waals surface area (Å²) < 4.78 is 34.8. The van der Waals surface area contributed by atoms with Crippen LogP contribution in [-0.4, -0.2) is 34.3 Å². The van der Waals surface area contributed by atoms with E-state index in [-0.39, 0.29) is 5.92 Å². The fraction of sp³-hybridized carbons (Fsp3) is 0.941. The first-order valence-electron chi connectivity index (χ1n) is 9.06. The molecule has 6 atom stereocenters. The van der Waals surface area contributed by atoms with Gasteiger partial charge in [0.15, 0.2) is 0 Å². The SMILES string of the molecule is CCC([S+](CC1CCCCC1=O)C1CC2CCC1C2)S(=O)(=O)[O-]. The van der Waals surface area contributed by atoms with Gasteiger partial charge in [-0.3, -0.25) is 4.79 Å². The molecule has 0 amide bonds. The van der Waals surface area contributed by atoms with E-state index in [1.54, 1.807) is 0 Å². The zero-order chi connectivity index (χ0) is 16.6. The molecular formula is C17H28O4S2. The monoisotopic (exact) mass is 360 g/mol. The van der Waals surface area contributed by atoms with Crippen molar-refractivity contribution in [2.24, 2.45) is 17.8 Å². The molecule has 0 radical (unpaired) electrons. The van der Waals surface area contributed by atoms with Gasteiger partial charge in [0.1, 0.15) is 26.9 Å². The highest BCUT2D eigenvalue weighted by Gasteiger charge is 2.53. The molecular weight excluding hydrogens is 332 g/mol. The van der Waals surface area contributed by atoms with Crippen molar-refractivity contribution in [1.29, 1.82) is 0 Å². The first kappa shape index (κ1) is 17.7. The van der Waals surface area contributed by atoms with Crippen molar-refractivity contribution in [3.63, 3.8) is 0 Å². The smallest absolute Gasteiger partial charge is 0.205 e. The van der Waals surface area contributed by atoms with Crippen molar-refractivity contribution in [3.8, 4) is 0 Å². The highest BCUT2D eigenvalue weighted by Crippen LogP contribution is 2.49. The summed E-state index contributed by atoms with van der Waals surface area (Å²) in [7, 11) is -4.73. The van der Waals surface area contributed by atoms with Crippen LogP contribution in [0.1, 0.15) is 64.7 Å². The first-order valence-corrected chi connectivity index (χ1v) is 12.0. The van der Waals surface area contributed by atoms with E-state index in [1.807, 2.05) is 6.92 Å². The van der Waals surface area contributed by atoms with E-state index in [0.29, 0.717) is 35.5 Å². The largest absolute Gasteiger partial charge is 0.744 e. The van der Waals surface area contributed by atoms with Crippen LogP contribution in [0.2, 0.25) is 0 Å². The molecule has 0 N–H and O–H groups in total. The quantitative estimate of drug-likeness (QED) is 0.539. The van der Waals surface area contributed by atoms with Crippen LogP contribution in [0.25, 0.3) is 0 Å². The van der Waals surface area contributed by atoms with Crippen LogP contribution in [0.4, 0.5) is 0 Å². The summed E-state index contributed by atoms with van der Waals surface area (Å²) in [5, 5.41) is 0.372. The van der Waals surface area contributed by atoms with Crippen molar-refractivity contribution in [3.05, 3.63) is 0 Å². The average Bonchev–Trinajstić information content (AvgIpc) is 3.10. The number of carbonyl (C=O) groups is 1. The van der Waals surface area contributed by atoms with Gasteiger partial charge in [0.05, 0.1) is 5.92 Å². The lowest BCUT2D eigenvalue weighted by Gasteiger charge is -2.32. The van der Waals surface area contributed by atoms with Gasteiger partial charge in [-0.25, -0.2) is 8.42 Å². The highest BCUT2D eigenvalue weighted by molar-refractivity contribution is 8.10. The molecule has 0 aromatic rings. The summed E-state index contributed by atoms with van der Waals surface area (Å²) in [6.45, 7) is 1.82. The Balaban J connectivity index is 1.82. The molecule has 6 unspecified atom stereocenters. The Morgan fingerprint density at radius 3 is 2.52 bits per heavy atom. The van der Waals surface area contributed by atoms with E-state index < -0.39 is 25.6 Å². The molecule has 0 aromatic carbocycles. The molecule has 132 valence electrons. The second kappa shape index (κ2) is 7.04. The molecule has 23 heavy (non-hydrogen) atoms. The minimum absolute atomic E-state index is 0.00186. The number of carbonyl (C=O) groups excluding carboxylic acids is 1. The Bertz CT molecular complexity index is 545. The van der Waals surface area contributed by atoms with Gasteiger partial charge in [0.25, 0.3) is 0 Å². The highest BCUT2D eigenvalue weighted by atomic mass is 32.3. The molecule has 0 aliphatic heterocycles. The minimum atomic E-state index is -4.29. The Kier molecular flexibility index (Phi) is 5.43. The molecule has 4 nitrogen and oxygen atoms in total. The van der Waals surface area contributed by atoms with Crippen molar-refractivity contribution >= 4 is 26.8 Å². The van der Waals surface area contributed by atoms with Crippen molar-refractivity contribution in [2.45, 2.75) is 74.5 Å². The molecule has 0 spiro atoms. The van der Waals surface area contributed by atoms with Crippen molar-refractivity contribution in [2.75, 3.05) is 5.75 Å². The van der Waals surface area contributed by atoms with E-state index in [4.69, 9.17) is 0 Å². The maximum absolute atomic E-state index is 12.2. The minimum Gasteiger partial charge on any atom is -0.744 e. The second-order valence-electron chi connectivity index (χ2n) is 7.59. The number of rotatable bonds is 6. The molecule has 0 heterocycles. The molecule has 3 aliphatic rings. The number of hydrogen-bond donors (Lipinski definition) is 0. The fourth-order valence-electron chi connectivity index (χ4n) is 5.02. The molecule has 3 saturated carbocycles. The summed E-state index contributed by atoms with van der Waals surface area (Å²) in [5.41, 5.74) is 0. The number of Topliss-reactive ketones (excluding diaryl/α,β-unsaturated/α-hetero) is 1. The van der Waals surface area contributed by atoms with Crippen molar-refractivity contribution in [1.82, 2.24) is 0 Å². The fourth-order valence-corrected chi connectivity index (χ4v) is 10.7. The summed E-state index contributed by atoms with van der Waals surface area (Å²) in [4.78, 5) is 12.2. The van der Waals surface area contributed by atoms with Gasteiger partial charge in [0, 0.05) is 29.7 Å². The van der Waals surface area contributed by atoms with Crippen LogP contribution in [0.3, 0.4) is 0 Å². The molecule has 0 saturated heterocycles. The van der Waals surface area contributed by atoms with Crippen LogP contribution in [-0.2, 0) is 25.8 Å². The van der Waals surface area contributed by atoms with E-state index in [9.17, 15) is 17.8 Å². The maximum Gasteiger partial charge on any atom is 0.205 e. The van der Waals surface area contributed by atoms with Gasteiger partial charge in [0.2, 0.25) is 4.58 Å². The Labute approximate surface area is 142 Å². The first-order chi connectivity index (χ1) is 10.9. The van der Waals surface area contributed by atoms with Gasteiger partial charge in [-0.15, -0.1) is 0 Å². The zero-order valence-corrected chi connectivity index (χ0v) is 15.5. The second-order valence-corrected chi connectivity index (χ2v) is 11.9. The van der Waals surface area contributed by atoms with Gasteiger partial charge in [-0.2, -0.15) is 0 Å². The van der Waals surface area contributed by atoms with Gasteiger partial charge in [-0.05, 0) is 44.4 Å². The Morgan fingerprint density at radius 2 is 2.00 bits per heavy atom. The van der Waals surface area contributed by atoms with Crippen molar-refractivity contribution < 1.29 is 17.8 Å². The summed E-state index contributed by atoms with van der Waals surface area (Å²) in [5.74, 6) is 2.29. The maximum atomic E-state index is 12.2. The van der Waals surface area contributed by atoms with Gasteiger partial charge < -0.3 is 4.55 Å².